The van der Waals surface area contributed by atoms with E-state index in [1.807, 2.05) is 6.08 Å². The first kappa shape index (κ1) is 32.8. The Morgan fingerprint density at radius 2 is 1.24 bits per heavy atom. The molecule has 3 aromatic carbocycles. The predicted molar refractivity (Wildman–Crippen MR) is 150 cm³/mol. The van der Waals surface area contributed by atoms with Crippen LogP contribution in [0, 0.1) is 41.0 Å². The van der Waals surface area contributed by atoms with Crippen LogP contribution in [0.15, 0.2) is 61.2 Å². The van der Waals surface area contributed by atoms with Crippen LogP contribution in [-0.2, 0) is 6.11 Å². The van der Waals surface area contributed by atoms with Gasteiger partial charge < -0.3 is 9.47 Å². The van der Waals surface area contributed by atoms with E-state index >= 15 is 17.6 Å². The van der Waals surface area contributed by atoms with Gasteiger partial charge in [0.25, 0.3) is 0 Å². The molecule has 242 valence electrons. The molecule has 0 N–H and O–H groups in total. The highest BCUT2D eigenvalue weighted by atomic mass is 19.4. The molecule has 0 saturated heterocycles. The normalized spacial score (nSPS) is 22.6. The average molecular weight is 643 g/mol. The average Bonchev–Trinajstić information content (AvgIpc) is 2.97. The van der Waals surface area contributed by atoms with Crippen molar-refractivity contribution in [1.82, 2.24) is 0 Å². The van der Waals surface area contributed by atoms with Crippen molar-refractivity contribution in [3.63, 3.8) is 0 Å². The third-order valence-corrected chi connectivity index (χ3v) is 9.07. The van der Waals surface area contributed by atoms with Crippen molar-refractivity contribution in [2.45, 2.75) is 69.8 Å². The molecule has 45 heavy (non-hydrogen) atoms. The maximum absolute atomic E-state index is 15.0. The lowest BCUT2D eigenvalue weighted by molar-refractivity contribution is -0.275. The first-order chi connectivity index (χ1) is 21.2. The standard InChI is InChI=1S/C34H31F9O2/c1-2-19-3-5-20(6-4-19)21-7-9-22(10-8-21)24-16-29(37)32(30(38)17-24)33(39,40)44-25-12-13-26(27(35)18-25)23-11-14-31(28(36)15-23)45-34(41,42)43/h2,11-22H,1,3-10H2. The summed E-state index contributed by atoms with van der Waals surface area (Å²) in [5.74, 6) is -6.01. The molecule has 0 bridgehead atoms. The first-order valence-electron chi connectivity index (χ1n) is 14.8. The molecule has 0 amide bonds. The molecule has 2 aliphatic carbocycles. The zero-order valence-corrected chi connectivity index (χ0v) is 24.1. The van der Waals surface area contributed by atoms with Gasteiger partial charge in [0.1, 0.15) is 28.8 Å². The van der Waals surface area contributed by atoms with E-state index in [1.165, 1.54) is 0 Å². The maximum Gasteiger partial charge on any atom is 0.573 e. The number of halogens is 9. The monoisotopic (exact) mass is 642 g/mol. The van der Waals surface area contributed by atoms with Gasteiger partial charge in [-0.3, -0.25) is 0 Å². The minimum Gasteiger partial charge on any atom is -0.429 e. The molecule has 0 aromatic heterocycles. The Bertz CT molecular complexity index is 1500. The van der Waals surface area contributed by atoms with Crippen molar-refractivity contribution in [2.24, 2.45) is 17.8 Å². The summed E-state index contributed by atoms with van der Waals surface area (Å²) in [4.78, 5) is 0. The Kier molecular flexibility index (Phi) is 9.46. The zero-order valence-electron chi connectivity index (χ0n) is 24.1. The third kappa shape index (κ3) is 7.61. The van der Waals surface area contributed by atoms with Gasteiger partial charge >= 0.3 is 12.5 Å². The Labute approximate surface area is 254 Å². The van der Waals surface area contributed by atoms with Gasteiger partial charge in [-0.25, -0.2) is 17.6 Å². The highest BCUT2D eigenvalue weighted by Crippen LogP contribution is 2.45. The van der Waals surface area contributed by atoms with Gasteiger partial charge in [0.2, 0.25) is 0 Å². The van der Waals surface area contributed by atoms with E-state index in [0.29, 0.717) is 54.4 Å². The van der Waals surface area contributed by atoms with E-state index in [4.69, 9.17) is 0 Å². The van der Waals surface area contributed by atoms with Crippen LogP contribution in [0.4, 0.5) is 39.5 Å². The topological polar surface area (TPSA) is 18.5 Å². The maximum atomic E-state index is 15.0. The van der Waals surface area contributed by atoms with Gasteiger partial charge in [-0.2, -0.15) is 8.78 Å². The Morgan fingerprint density at radius 3 is 1.78 bits per heavy atom. The van der Waals surface area contributed by atoms with E-state index in [2.05, 4.69) is 16.1 Å². The molecule has 3 aromatic rings. The molecular formula is C34H31F9O2. The van der Waals surface area contributed by atoms with E-state index in [0.717, 1.165) is 68.9 Å². The van der Waals surface area contributed by atoms with Crippen molar-refractivity contribution in [3.05, 3.63) is 95.6 Å². The summed E-state index contributed by atoms with van der Waals surface area (Å²) in [6.07, 6.45) is 0.0559. The third-order valence-electron chi connectivity index (χ3n) is 9.07. The number of rotatable bonds is 8. The SMILES string of the molecule is C=CC1CCC(C2CCC(c3cc(F)c(C(F)(F)Oc4ccc(-c5ccc(OC(F)(F)F)c(F)c5)c(F)c4)c(F)c3)CC2)CC1. The van der Waals surface area contributed by atoms with Gasteiger partial charge in [0, 0.05) is 11.6 Å². The number of alkyl halides is 5. The van der Waals surface area contributed by atoms with Crippen LogP contribution in [0.25, 0.3) is 11.1 Å². The Hall–Kier alpha value is -3.63. The lowest BCUT2D eigenvalue weighted by Crippen LogP contribution is -2.26. The minimum atomic E-state index is -5.15. The van der Waals surface area contributed by atoms with Crippen LogP contribution in [0.2, 0.25) is 0 Å². The van der Waals surface area contributed by atoms with E-state index in [-0.39, 0.29) is 17.0 Å². The quantitative estimate of drug-likeness (QED) is 0.180. The first-order valence-corrected chi connectivity index (χ1v) is 14.8. The van der Waals surface area contributed by atoms with E-state index in [9.17, 15) is 22.0 Å². The highest BCUT2D eigenvalue weighted by molar-refractivity contribution is 5.66. The predicted octanol–water partition coefficient (Wildman–Crippen LogP) is 11.2. The number of ether oxygens (including phenoxy) is 2. The second-order valence-corrected chi connectivity index (χ2v) is 11.8. The molecule has 2 fully saturated rings. The fourth-order valence-corrected chi connectivity index (χ4v) is 6.75. The molecule has 2 nitrogen and oxygen atoms in total. The second-order valence-electron chi connectivity index (χ2n) is 11.8. The summed E-state index contributed by atoms with van der Waals surface area (Å²) >= 11 is 0. The van der Waals surface area contributed by atoms with Gasteiger partial charge in [-0.15, -0.1) is 19.8 Å². The summed E-state index contributed by atoms with van der Waals surface area (Å²) in [5, 5.41) is 0. The van der Waals surface area contributed by atoms with Crippen molar-refractivity contribution >= 4 is 0 Å². The summed E-state index contributed by atoms with van der Waals surface area (Å²) in [6.45, 7) is 3.88. The minimum absolute atomic E-state index is 0.168. The molecule has 0 radical (unpaired) electrons. The highest BCUT2D eigenvalue weighted by Gasteiger charge is 2.42. The second kappa shape index (κ2) is 13.0. The van der Waals surface area contributed by atoms with Gasteiger partial charge in [-0.05, 0) is 123 Å². The number of allylic oxidation sites excluding steroid dienone is 1. The van der Waals surface area contributed by atoms with E-state index < -0.39 is 52.8 Å². The fourth-order valence-electron chi connectivity index (χ4n) is 6.75. The van der Waals surface area contributed by atoms with Crippen LogP contribution in [0.1, 0.15) is 68.4 Å². The Balaban J connectivity index is 1.26. The molecule has 5 rings (SSSR count). The van der Waals surface area contributed by atoms with Crippen molar-refractivity contribution < 1.29 is 49.0 Å². The lowest BCUT2D eigenvalue weighted by atomic mass is 9.68. The van der Waals surface area contributed by atoms with Gasteiger partial charge in [0.15, 0.2) is 11.6 Å². The largest absolute Gasteiger partial charge is 0.573 e. The summed E-state index contributed by atoms with van der Waals surface area (Å²) < 4.78 is 134. The molecule has 11 heteroatoms. The van der Waals surface area contributed by atoms with Crippen molar-refractivity contribution in [1.29, 1.82) is 0 Å². The Morgan fingerprint density at radius 1 is 0.644 bits per heavy atom. The van der Waals surface area contributed by atoms with Crippen LogP contribution in [-0.4, -0.2) is 6.36 Å². The summed E-state index contributed by atoms with van der Waals surface area (Å²) in [5.41, 5.74) is -1.90. The van der Waals surface area contributed by atoms with Crippen LogP contribution in [0.5, 0.6) is 11.5 Å². The van der Waals surface area contributed by atoms with Crippen LogP contribution < -0.4 is 9.47 Å². The molecule has 0 spiro atoms. The smallest absolute Gasteiger partial charge is 0.429 e. The van der Waals surface area contributed by atoms with Gasteiger partial charge in [0.05, 0.1) is 0 Å². The molecule has 0 heterocycles. The zero-order chi connectivity index (χ0) is 32.5. The van der Waals surface area contributed by atoms with E-state index in [1.54, 1.807) is 0 Å². The lowest BCUT2D eigenvalue weighted by Gasteiger charge is -2.37. The molecular weight excluding hydrogens is 611 g/mol. The van der Waals surface area contributed by atoms with Crippen LogP contribution >= 0.6 is 0 Å². The van der Waals surface area contributed by atoms with Crippen LogP contribution in [0.3, 0.4) is 0 Å². The number of hydrogen-bond acceptors (Lipinski definition) is 2. The molecule has 2 saturated carbocycles. The summed E-state index contributed by atoms with van der Waals surface area (Å²) in [7, 11) is 0. The molecule has 0 atom stereocenters. The van der Waals surface area contributed by atoms with Gasteiger partial charge in [-0.1, -0.05) is 12.1 Å². The molecule has 0 aliphatic heterocycles. The summed E-state index contributed by atoms with van der Waals surface area (Å²) in [6, 6.07) is 6.21. The van der Waals surface area contributed by atoms with Crippen molar-refractivity contribution in [3.8, 4) is 22.6 Å². The number of hydrogen-bond donors (Lipinski definition) is 0. The number of benzene rings is 3. The molecule has 2 aliphatic rings. The fraction of sp³-hybridized carbons (Fsp3) is 0.412. The molecule has 0 unspecified atom stereocenters. The van der Waals surface area contributed by atoms with Crippen molar-refractivity contribution in [2.75, 3.05) is 0 Å².